The second-order valence-electron chi connectivity index (χ2n) is 9.81. The van der Waals surface area contributed by atoms with Crippen molar-refractivity contribution >= 4 is 11.0 Å². The minimum atomic E-state index is -1.72. The molecule has 0 spiro atoms. The van der Waals surface area contributed by atoms with Crippen LogP contribution in [0.3, 0.4) is 0 Å². The van der Waals surface area contributed by atoms with Gasteiger partial charge in [0.1, 0.15) is 71.5 Å². The topological polar surface area (TPSA) is 230 Å². The van der Waals surface area contributed by atoms with E-state index in [2.05, 4.69) is 0 Å². The zero-order chi connectivity index (χ0) is 29.4. The van der Waals surface area contributed by atoms with E-state index in [1.54, 1.807) is 24.3 Å². The molecule has 10 atom stereocenters. The van der Waals surface area contributed by atoms with Gasteiger partial charge in [-0.15, -0.1) is 0 Å². The van der Waals surface area contributed by atoms with E-state index in [0.29, 0.717) is 16.7 Å². The van der Waals surface area contributed by atoms with Gasteiger partial charge < -0.3 is 64.9 Å². The van der Waals surface area contributed by atoms with Crippen LogP contribution >= 0.6 is 0 Å². The average molecular weight is 580 g/mol. The molecular weight excluding hydrogens is 548 g/mol. The van der Waals surface area contributed by atoms with Crippen LogP contribution < -0.4 is 9.47 Å². The number of benzene rings is 2. The van der Waals surface area contributed by atoms with Gasteiger partial charge in [-0.25, -0.2) is 4.42 Å². The number of rotatable bonds is 7. The highest BCUT2D eigenvalue weighted by molar-refractivity contribution is 5.86. The zero-order valence-electron chi connectivity index (χ0n) is 21.4. The van der Waals surface area contributed by atoms with Gasteiger partial charge in [0.2, 0.25) is 12.6 Å². The number of aromatic hydroxyl groups is 1. The van der Waals surface area contributed by atoms with Gasteiger partial charge in [-0.1, -0.05) is 0 Å². The maximum atomic E-state index is 10.5. The van der Waals surface area contributed by atoms with Crippen molar-refractivity contribution < 1.29 is 69.3 Å². The summed E-state index contributed by atoms with van der Waals surface area (Å²) in [5.74, 6) is 0.390. The van der Waals surface area contributed by atoms with Crippen LogP contribution in [-0.4, -0.2) is 121 Å². The minimum Gasteiger partial charge on any atom is -0.508 e. The maximum absolute atomic E-state index is 10.5. The Morgan fingerprint density at radius 1 is 0.659 bits per heavy atom. The van der Waals surface area contributed by atoms with Crippen LogP contribution in [0.4, 0.5) is 0 Å². The van der Waals surface area contributed by atoms with Gasteiger partial charge in [0, 0.05) is 12.1 Å². The fourth-order valence-corrected chi connectivity index (χ4v) is 4.67. The van der Waals surface area contributed by atoms with E-state index in [4.69, 9.17) is 23.4 Å². The Kier molecular flexibility index (Phi) is 8.58. The van der Waals surface area contributed by atoms with Gasteiger partial charge in [-0.2, -0.15) is 0 Å². The third kappa shape index (κ3) is 5.80. The Morgan fingerprint density at radius 2 is 1.22 bits per heavy atom. The van der Waals surface area contributed by atoms with Gasteiger partial charge in [0.05, 0.1) is 24.8 Å². The highest BCUT2D eigenvalue weighted by atomic mass is 16.7. The summed E-state index contributed by atoms with van der Waals surface area (Å²) in [7, 11) is 0. The van der Waals surface area contributed by atoms with E-state index in [1.807, 2.05) is 0 Å². The van der Waals surface area contributed by atoms with Crippen molar-refractivity contribution in [2.24, 2.45) is 0 Å². The van der Waals surface area contributed by atoms with Gasteiger partial charge in [-0.05, 0) is 30.3 Å². The van der Waals surface area contributed by atoms with Gasteiger partial charge in [-0.3, -0.25) is 0 Å². The van der Waals surface area contributed by atoms with E-state index in [9.17, 15) is 46.0 Å². The summed E-state index contributed by atoms with van der Waals surface area (Å²) in [5, 5.41) is 90.5. The van der Waals surface area contributed by atoms with E-state index in [1.165, 1.54) is 24.3 Å². The highest BCUT2D eigenvalue weighted by Gasteiger charge is 2.46. The second-order valence-corrected chi connectivity index (χ2v) is 9.81. The predicted molar refractivity (Wildman–Crippen MR) is 137 cm³/mol. The van der Waals surface area contributed by atoms with E-state index in [0.717, 1.165) is 0 Å². The average Bonchev–Trinajstić information content (AvgIpc) is 2.97. The lowest BCUT2D eigenvalue weighted by molar-refractivity contribution is -0.278. The summed E-state index contributed by atoms with van der Waals surface area (Å²) in [6, 6.07) is 12.2. The first-order valence-corrected chi connectivity index (χ1v) is 12.8. The summed E-state index contributed by atoms with van der Waals surface area (Å²) in [6.45, 7) is -1.34. The number of hydrogen-bond donors (Lipinski definition) is 9. The molecule has 0 aliphatic carbocycles. The first-order chi connectivity index (χ1) is 19.6. The first kappa shape index (κ1) is 29.3. The Hall–Kier alpha value is -3.15. The van der Waals surface area contributed by atoms with Crippen LogP contribution in [0.2, 0.25) is 0 Å². The molecule has 2 aromatic carbocycles. The molecule has 0 unspecified atom stereocenters. The fourth-order valence-electron chi connectivity index (χ4n) is 4.67. The molecule has 2 fully saturated rings. The molecule has 3 heterocycles. The molecule has 2 aliphatic heterocycles. The Morgan fingerprint density at radius 3 is 1.78 bits per heavy atom. The standard InChI is InChI=1S/C27H30O14/c28-9-18-20(31)22(33)24(35)26(40-18)37-13-7-16-14(5-6-15(38-16)11-1-3-12(30)4-2-11)17(8-13)39-27-25(36)23(34)21(32)19(10-29)41-27/h1-8,18-29,31-36H,9-10H2/p+1/t18-,19-,20+,21+,22-,23-,24+,25-,26+,27+/m0/s1. The number of hydrogen-bond acceptors (Lipinski definition) is 13. The number of ether oxygens (including phenoxy) is 4. The van der Waals surface area contributed by atoms with Crippen LogP contribution in [0.1, 0.15) is 0 Å². The van der Waals surface area contributed by atoms with Gasteiger partial charge in [0.15, 0.2) is 0 Å². The molecule has 2 saturated heterocycles. The molecule has 41 heavy (non-hydrogen) atoms. The Labute approximate surface area is 232 Å². The lowest BCUT2D eigenvalue weighted by Gasteiger charge is -2.40. The molecule has 9 N–H and O–H groups in total. The van der Waals surface area contributed by atoms with Crippen molar-refractivity contribution in [3.8, 4) is 28.6 Å². The first-order valence-electron chi connectivity index (χ1n) is 12.8. The minimum absolute atomic E-state index is 0.00701. The van der Waals surface area contributed by atoms with Crippen molar-refractivity contribution in [3.05, 3.63) is 48.5 Å². The van der Waals surface area contributed by atoms with Crippen LogP contribution in [0, 0.1) is 0 Å². The number of phenolic OH excluding ortho intramolecular Hbond substituents is 1. The third-order valence-electron chi connectivity index (χ3n) is 7.04. The number of phenols is 1. The van der Waals surface area contributed by atoms with E-state index in [-0.39, 0.29) is 22.8 Å². The smallest absolute Gasteiger partial charge is 0.368 e. The predicted octanol–water partition coefficient (Wildman–Crippen LogP) is -1.56. The summed E-state index contributed by atoms with van der Waals surface area (Å²) in [4.78, 5) is 0. The van der Waals surface area contributed by atoms with Crippen LogP contribution in [0.15, 0.2) is 52.9 Å². The van der Waals surface area contributed by atoms with Gasteiger partial charge in [0.25, 0.3) is 0 Å². The van der Waals surface area contributed by atoms with E-state index >= 15 is 0 Å². The summed E-state index contributed by atoms with van der Waals surface area (Å²) in [6.07, 6.45) is -15.6. The van der Waals surface area contributed by atoms with Crippen molar-refractivity contribution in [2.45, 2.75) is 61.4 Å². The van der Waals surface area contributed by atoms with Crippen molar-refractivity contribution in [1.29, 1.82) is 0 Å². The third-order valence-corrected chi connectivity index (χ3v) is 7.04. The molecule has 14 heteroatoms. The SMILES string of the molecule is OC[C@@H]1O[C@@H](Oc2cc(O[C@@H]3O[C@@H](CO)[C@@H](O)[C@H](O)[C@H]3O)cc3[o+]c(-c4ccc(O)cc4)ccc23)[C@@H](O)[C@@H](O)[C@@H]1O. The lowest BCUT2D eigenvalue weighted by atomic mass is 9.99. The number of aliphatic hydroxyl groups excluding tert-OH is 8. The molecule has 1 aromatic heterocycles. The largest absolute Gasteiger partial charge is 0.508 e. The van der Waals surface area contributed by atoms with Crippen LogP contribution in [0.25, 0.3) is 22.3 Å². The van der Waals surface area contributed by atoms with Crippen LogP contribution in [0.5, 0.6) is 17.2 Å². The zero-order valence-corrected chi connectivity index (χ0v) is 21.4. The number of fused-ring (bicyclic) bond motifs is 1. The summed E-state index contributed by atoms with van der Waals surface area (Å²) >= 11 is 0. The quantitative estimate of drug-likeness (QED) is 0.144. The van der Waals surface area contributed by atoms with E-state index < -0.39 is 74.6 Å². The highest BCUT2D eigenvalue weighted by Crippen LogP contribution is 2.37. The molecular formula is C27H31O14+. The molecule has 3 aromatic rings. The Bertz CT molecular complexity index is 1330. The number of aliphatic hydroxyl groups is 8. The molecule has 0 amide bonds. The molecule has 0 saturated carbocycles. The Balaban J connectivity index is 1.53. The van der Waals surface area contributed by atoms with Crippen molar-refractivity contribution in [1.82, 2.24) is 0 Å². The van der Waals surface area contributed by atoms with Crippen molar-refractivity contribution in [3.63, 3.8) is 0 Å². The maximum Gasteiger partial charge on any atom is 0.368 e. The molecule has 14 nitrogen and oxygen atoms in total. The molecule has 0 radical (unpaired) electrons. The molecule has 2 aliphatic rings. The monoisotopic (exact) mass is 579 g/mol. The van der Waals surface area contributed by atoms with Crippen LogP contribution in [-0.2, 0) is 9.47 Å². The van der Waals surface area contributed by atoms with Crippen molar-refractivity contribution in [2.75, 3.05) is 13.2 Å². The molecule has 222 valence electrons. The molecule has 0 bridgehead atoms. The molecule has 5 rings (SSSR count). The normalized spacial score (nSPS) is 34.0. The lowest BCUT2D eigenvalue weighted by Crippen LogP contribution is -2.60. The second kappa shape index (κ2) is 12.0. The summed E-state index contributed by atoms with van der Waals surface area (Å²) < 4.78 is 28.6. The fraction of sp³-hybridized carbons (Fsp3) is 0.444. The summed E-state index contributed by atoms with van der Waals surface area (Å²) in [5.41, 5.74) is 0.776. The van der Waals surface area contributed by atoms with Gasteiger partial charge >= 0.3 is 11.3 Å².